The molecule has 0 unspecified atom stereocenters. The van der Waals surface area contributed by atoms with E-state index in [1.54, 1.807) is 59.7 Å². The van der Waals surface area contributed by atoms with Crippen molar-refractivity contribution in [3.8, 4) is 34.8 Å². The summed E-state index contributed by atoms with van der Waals surface area (Å²) in [6, 6.07) is 12.3. The van der Waals surface area contributed by atoms with Crippen molar-refractivity contribution in [2.45, 2.75) is 5.16 Å². The fraction of sp³-hybridized carbons (Fsp3) is 0.0526. The Morgan fingerprint density at radius 3 is 2.76 bits per heavy atom. The van der Waals surface area contributed by atoms with Crippen LogP contribution in [0.3, 0.4) is 0 Å². The maximum absolute atomic E-state index is 12.1. The zero-order valence-corrected chi connectivity index (χ0v) is 15.9. The van der Waals surface area contributed by atoms with Gasteiger partial charge in [-0.05, 0) is 36.6 Å². The van der Waals surface area contributed by atoms with Crippen LogP contribution in [0.5, 0.6) is 11.6 Å². The molecule has 0 radical (unpaired) electrons. The van der Waals surface area contributed by atoms with Crippen molar-refractivity contribution in [1.29, 1.82) is 5.26 Å². The Kier molecular flexibility index (Phi) is 5.05. The highest BCUT2D eigenvalue weighted by molar-refractivity contribution is 7.98. The molecule has 4 aromatic rings. The second kappa shape index (κ2) is 7.95. The van der Waals surface area contributed by atoms with Gasteiger partial charge in [0.05, 0.1) is 5.69 Å². The third-order valence-electron chi connectivity index (χ3n) is 3.92. The van der Waals surface area contributed by atoms with Gasteiger partial charge in [0.25, 0.3) is 5.56 Å². The number of aromatic nitrogens is 6. The van der Waals surface area contributed by atoms with Crippen LogP contribution in [0.15, 0.2) is 65.1 Å². The summed E-state index contributed by atoms with van der Waals surface area (Å²) in [7, 11) is 0. The molecule has 0 atom stereocenters. The Hall–Kier alpha value is -3.97. The van der Waals surface area contributed by atoms with E-state index >= 15 is 0 Å². The van der Waals surface area contributed by atoms with E-state index < -0.39 is 5.56 Å². The van der Waals surface area contributed by atoms with Crippen LogP contribution < -0.4 is 10.3 Å². The van der Waals surface area contributed by atoms with Crippen LogP contribution in [0, 0.1) is 11.3 Å². The molecule has 0 aliphatic carbocycles. The molecule has 4 rings (SSSR count). The number of benzene rings is 1. The first-order valence-corrected chi connectivity index (χ1v) is 9.59. The Balaban J connectivity index is 1.61. The highest BCUT2D eigenvalue weighted by atomic mass is 32.2. The molecule has 3 heterocycles. The van der Waals surface area contributed by atoms with Gasteiger partial charge in [-0.25, -0.2) is 19.6 Å². The lowest BCUT2D eigenvalue weighted by Crippen LogP contribution is -2.14. The van der Waals surface area contributed by atoms with Crippen molar-refractivity contribution in [2.75, 3.05) is 6.26 Å². The third-order valence-corrected chi connectivity index (χ3v) is 4.50. The molecule has 3 aromatic heterocycles. The number of nitriles is 1. The lowest BCUT2D eigenvalue weighted by atomic mass is 10.1. The molecule has 0 bridgehead atoms. The molecule has 9 nitrogen and oxygen atoms in total. The molecule has 0 saturated carbocycles. The van der Waals surface area contributed by atoms with Gasteiger partial charge in [0, 0.05) is 24.0 Å². The van der Waals surface area contributed by atoms with Gasteiger partial charge >= 0.3 is 0 Å². The first-order chi connectivity index (χ1) is 14.2. The largest absolute Gasteiger partial charge is 0.439 e. The average Bonchev–Trinajstić information content (AvgIpc) is 3.29. The smallest absolute Gasteiger partial charge is 0.270 e. The lowest BCUT2D eigenvalue weighted by molar-refractivity contribution is 0.460. The fourth-order valence-electron chi connectivity index (χ4n) is 2.58. The van der Waals surface area contributed by atoms with Crippen molar-refractivity contribution in [3.05, 3.63) is 71.0 Å². The van der Waals surface area contributed by atoms with Crippen molar-refractivity contribution in [1.82, 2.24) is 29.7 Å². The Bertz CT molecular complexity index is 1250. The zero-order chi connectivity index (χ0) is 20.2. The van der Waals surface area contributed by atoms with Gasteiger partial charge < -0.3 is 9.72 Å². The lowest BCUT2D eigenvalue weighted by Gasteiger charge is -2.08. The summed E-state index contributed by atoms with van der Waals surface area (Å²) in [5, 5.41) is 13.9. The molecule has 29 heavy (non-hydrogen) atoms. The highest BCUT2D eigenvalue weighted by Gasteiger charge is 2.13. The molecule has 1 N–H and O–H groups in total. The van der Waals surface area contributed by atoms with Gasteiger partial charge in [-0.3, -0.25) is 4.79 Å². The Morgan fingerprint density at radius 1 is 1.24 bits per heavy atom. The Morgan fingerprint density at radius 2 is 2.07 bits per heavy atom. The Labute approximate surface area is 169 Å². The first kappa shape index (κ1) is 18.4. The number of rotatable bonds is 5. The molecule has 0 saturated heterocycles. The number of ether oxygens (including phenoxy) is 1. The van der Waals surface area contributed by atoms with E-state index in [4.69, 9.17) is 4.74 Å². The molecule has 0 fully saturated rings. The number of nitrogens with one attached hydrogen (secondary N) is 1. The van der Waals surface area contributed by atoms with Crippen LogP contribution in [0.1, 0.15) is 5.56 Å². The van der Waals surface area contributed by atoms with E-state index in [-0.39, 0.29) is 5.56 Å². The summed E-state index contributed by atoms with van der Waals surface area (Å²) in [6.07, 6.45) is 6.61. The van der Waals surface area contributed by atoms with E-state index in [9.17, 15) is 10.1 Å². The summed E-state index contributed by atoms with van der Waals surface area (Å²) in [5.41, 5.74) is 0.468. The van der Waals surface area contributed by atoms with Crippen LogP contribution in [-0.4, -0.2) is 36.0 Å². The maximum atomic E-state index is 12.1. The molecule has 0 amide bonds. The van der Waals surface area contributed by atoms with Gasteiger partial charge in [0.15, 0.2) is 11.0 Å². The second-order valence-corrected chi connectivity index (χ2v) is 6.50. The summed E-state index contributed by atoms with van der Waals surface area (Å²) < 4.78 is 7.38. The van der Waals surface area contributed by atoms with E-state index in [0.29, 0.717) is 33.9 Å². The third kappa shape index (κ3) is 3.85. The van der Waals surface area contributed by atoms with E-state index in [2.05, 4.69) is 25.0 Å². The van der Waals surface area contributed by atoms with Crippen molar-refractivity contribution in [3.63, 3.8) is 0 Å². The number of nitrogens with zero attached hydrogens (tertiary/aromatic N) is 6. The SMILES string of the molecule is CSc1nc(-c2ccc(Oc3cc(-n4cccn4)ncn3)cc2)c(C#N)c(=O)[nH]1. The second-order valence-electron chi connectivity index (χ2n) is 5.70. The molecule has 142 valence electrons. The molecule has 0 aliphatic heterocycles. The molecule has 10 heteroatoms. The summed E-state index contributed by atoms with van der Waals surface area (Å²) >= 11 is 1.29. The zero-order valence-electron chi connectivity index (χ0n) is 15.1. The van der Waals surface area contributed by atoms with Crippen molar-refractivity contribution >= 4 is 11.8 Å². The van der Waals surface area contributed by atoms with Gasteiger partial charge in [0.2, 0.25) is 5.88 Å². The number of thioether (sulfide) groups is 1. The van der Waals surface area contributed by atoms with Crippen LogP contribution in [0.2, 0.25) is 0 Å². The molecular weight excluding hydrogens is 390 g/mol. The van der Waals surface area contributed by atoms with Gasteiger partial charge in [-0.1, -0.05) is 11.8 Å². The van der Waals surface area contributed by atoms with Crippen molar-refractivity contribution in [2.24, 2.45) is 0 Å². The normalized spacial score (nSPS) is 10.5. The fourth-order valence-corrected chi connectivity index (χ4v) is 2.96. The molecule has 0 spiro atoms. The quantitative estimate of drug-likeness (QED) is 0.399. The summed E-state index contributed by atoms with van der Waals surface area (Å²) in [4.78, 5) is 27.3. The van der Waals surface area contributed by atoms with Crippen LogP contribution in [-0.2, 0) is 0 Å². The maximum Gasteiger partial charge on any atom is 0.270 e. The van der Waals surface area contributed by atoms with Crippen molar-refractivity contribution < 1.29 is 4.74 Å². The average molecular weight is 403 g/mol. The van der Waals surface area contributed by atoms with Crippen LogP contribution >= 0.6 is 11.8 Å². The highest BCUT2D eigenvalue weighted by Crippen LogP contribution is 2.26. The minimum atomic E-state index is -0.464. The van der Waals surface area contributed by atoms with E-state index in [0.717, 1.165) is 0 Å². The number of H-pyrrole nitrogens is 1. The van der Waals surface area contributed by atoms with Gasteiger partial charge in [-0.2, -0.15) is 10.4 Å². The number of aromatic amines is 1. The molecule has 1 aromatic carbocycles. The van der Waals surface area contributed by atoms with Crippen LogP contribution in [0.4, 0.5) is 0 Å². The molecular formula is C19H13N7O2S. The topological polar surface area (TPSA) is 122 Å². The monoisotopic (exact) mass is 403 g/mol. The van der Waals surface area contributed by atoms with Gasteiger partial charge in [-0.15, -0.1) is 0 Å². The predicted molar refractivity (Wildman–Crippen MR) is 106 cm³/mol. The number of hydrogen-bond acceptors (Lipinski definition) is 8. The van der Waals surface area contributed by atoms with E-state index in [1.165, 1.54) is 18.1 Å². The molecule has 0 aliphatic rings. The van der Waals surface area contributed by atoms with Gasteiger partial charge in [0.1, 0.15) is 23.7 Å². The summed E-state index contributed by atoms with van der Waals surface area (Å²) in [6.45, 7) is 0. The van der Waals surface area contributed by atoms with Crippen LogP contribution in [0.25, 0.3) is 17.1 Å². The first-order valence-electron chi connectivity index (χ1n) is 8.36. The number of hydrogen-bond donors (Lipinski definition) is 1. The summed E-state index contributed by atoms with van der Waals surface area (Å²) in [5.74, 6) is 1.47. The van der Waals surface area contributed by atoms with E-state index in [1.807, 2.05) is 6.07 Å². The minimum Gasteiger partial charge on any atom is -0.439 e. The minimum absolute atomic E-state index is 0.0314. The standard InChI is InChI=1S/C19H13N7O2S/c1-29-19-24-17(14(10-20)18(27)25-19)12-3-5-13(6-4-12)28-16-9-15(21-11-22-16)26-8-2-7-23-26/h2-9,11H,1H3,(H,24,25,27). The predicted octanol–water partition coefficient (Wildman–Crippen LogP) is 2.80.